The van der Waals surface area contributed by atoms with Crippen LogP contribution in [0.1, 0.15) is 27.2 Å². The quantitative estimate of drug-likeness (QED) is 0.678. The van der Waals surface area contributed by atoms with Gasteiger partial charge in [-0.2, -0.15) is 0 Å². The van der Waals surface area contributed by atoms with Gasteiger partial charge in [-0.15, -0.1) is 0 Å². The molecule has 1 aliphatic rings. The lowest BCUT2D eigenvalue weighted by atomic mass is 10.2. The number of hydrogen-bond acceptors (Lipinski definition) is 4. The fourth-order valence-electron chi connectivity index (χ4n) is 1.43. The molecular formula is C11H23NO3. The van der Waals surface area contributed by atoms with Crippen LogP contribution >= 0.6 is 0 Å². The molecule has 90 valence electrons. The van der Waals surface area contributed by atoms with E-state index in [1.807, 2.05) is 20.8 Å². The Morgan fingerprint density at radius 1 is 1.33 bits per heavy atom. The minimum atomic E-state index is -0.413. The Morgan fingerprint density at radius 2 is 2.00 bits per heavy atom. The van der Waals surface area contributed by atoms with Gasteiger partial charge < -0.3 is 19.5 Å². The van der Waals surface area contributed by atoms with Crippen LogP contribution in [0.25, 0.3) is 0 Å². The van der Waals surface area contributed by atoms with Crippen LogP contribution in [0.4, 0.5) is 0 Å². The molecule has 0 aliphatic carbocycles. The Hall–Kier alpha value is -0.160. The average Bonchev–Trinajstić information content (AvgIpc) is 2.20. The van der Waals surface area contributed by atoms with Crippen molar-refractivity contribution in [2.45, 2.75) is 39.0 Å². The minimum absolute atomic E-state index is 0.319. The van der Waals surface area contributed by atoms with Gasteiger partial charge in [0, 0.05) is 13.2 Å². The second kappa shape index (κ2) is 6.43. The van der Waals surface area contributed by atoms with Gasteiger partial charge in [-0.3, -0.25) is 0 Å². The first kappa shape index (κ1) is 12.9. The van der Waals surface area contributed by atoms with Crippen molar-refractivity contribution in [3.63, 3.8) is 0 Å². The summed E-state index contributed by atoms with van der Waals surface area (Å²) in [5, 5.41) is 3.39. The van der Waals surface area contributed by atoms with E-state index >= 15 is 0 Å². The molecule has 4 nitrogen and oxygen atoms in total. The Morgan fingerprint density at radius 3 is 2.60 bits per heavy atom. The van der Waals surface area contributed by atoms with E-state index in [1.54, 1.807) is 0 Å². The topological polar surface area (TPSA) is 39.7 Å². The zero-order valence-electron chi connectivity index (χ0n) is 10.0. The summed E-state index contributed by atoms with van der Waals surface area (Å²) in [6, 6.07) is 0.319. The van der Waals surface area contributed by atoms with Crippen molar-refractivity contribution in [2.24, 2.45) is 0 Å². The van der Waals surface area contributed by atoms with Crippen molar-refractivity contribution in [1.29, 1.82) is 0 Å². The number of hydrogen-bond donors (Lipinski definition) is 1. The van der Waals surface area contributed by atoms with E-state index in [4.69, 9.17) is 14.2 Å². The molecule has 1 fully saturated rings. The Balaban J connectivity index is 1.99. The van der Waals surface area contributed by atoms with Crippen LogP contribution in [-0.2, 0) is 14.2 Å². The maximum Gasteiger partial charge on any atom is 0.162 e. The zero-order chi connectivity index (χ0) is 11.1. The molecule has 0 amide bonds. The van der Waals surface area contributed by atoms with Gasteiger partial charge in [0.25, 0.3) is 0 Å². The van der Waals surface area contributed by atoms with Crippen molar-refractivity contribution in [3.8, 4) is 0 Å². The van der Waals surface area contributed by atoms with Gasteiger partial charge in [-0.25, -0.2) is 0 Å². The molecule has 0 aromatic rings. The van der Waals surface area contributed by atoms with Gasteiger partial charge in [0.2, 0.25) is 0 Å². The molecule has 0 unspecified atom stereocenters. The van der Waals surface area contributed by atoms with Crippen molar-refractivity contribution in [2.75, 3.05) is 33.0 Å². The van der Waals surface area contributed by atoms with Crippen molar-refractivity contribution in [3.05, 3.63) is 0 Å². The molecule has 1 N–H and O–H groups in total. The lowest BCUT2D eigenvalue weighted by Crippen LogP contribution is -2.48. The third-order valence-electron chi connectivity index (χ3n) is 2.37. The summed E-state index contributed by atoms with van der Waals surface area (Å²) in [6.45, 7) is 9.92. The molecule has 0 aromatic carbocycles. The maximum atomic E-state index is 5.54. The summed E-state index contributed by atoms with van der Waals surface area (Å²) in [4.78, 5) is 0. The standard InChI is InChI=1S/C11H23NO3/c1-4-13-7-5-6-12-10-8-14-11(2,3)15-9-10/h10,12H,4-9H2,1-3H3. The predicted molar refractivity (Wildman–Crippen MR) is 58.9 cm³/mol. The third-order valence-corrected chi connectivity index (χ3v) is 2.37. The largest absolute Gasteiger partial charge is 0.382 e. The van der Waals surface area contributed by atoms with E-state index in [9.17, 15) is 0 Å². The molecule has 1 aliphatic heterocycles. The molecule has 0 bridgehead atoms. The highest BCUT2D eigenvalue weighted by Crippen LogP contribution is 2.16. The lowest BCUT2D eigenvalue weighted by molar-refractivity contribution is -0.252. The van der Waals surface area contributed by atoms with Gasteiger partial charge in [0.05, 0.1) is 19.3 Å². The normalized spacial score (nSPS) is 21.8. The molecule has 0 atom stereocenters. The molecule has 1 heterocycles. The smallest absolute Gasteiger partial charge is 0.162 e. The maximum absolute atomic E-state index is 5.54. The molecule has 15 heavy (non-hydrogen) atoms. The Bertz CT molecular complexity index is 163. The zero-order valence-corrected chi connectivity index (χ0v) is 10.0. The van der Waals surface area contributed by atoms with Gasteiger partial charge >= 0.3 is 0 Å². The first-order chi connectivity index (χ1) is 7.14. The van der Waals surface area contributed by atoms with E-state index in [0.717, 1.165) is 39.4 Å². The van der Waals surface area contributed by atoms with Crippen LogP contribution in [0.5, 0.6) is 0 Å². The molecular weight excluding hydrogens is 194 g/mol. The summed E-state index contributed by atoms with van der Waals surface area (Å²) in [5.74, 6) is -0.413. The van der Waals surface area contributed by atoms with Crippen LogP contribution in [-0.4, -0.2) is 44.8 Å². The SMILES string of the molecule is CCOCCCNC1COC(C)(C)OC1. The fourth-order valence-corrected chi connectivity index (χ4v) is 1.43. The van der Waals surface area contributed by atoms with Crippen LogP contribution in [0.3, 0.4) is 0 Å². The van der Waals surface area contributed by atoms with E-state index in [-0.39, 0.29) is 0 Å². The summed E-state index contributed by atoms with van der Waals surface area (Å²) in [5.41, 5.74) is 0. The molecule has 4 heteroatoms. The van der Waals surface area contributed by atoms with Crippen LogP contribution in [0.15, 0.2) is 0 Å². The van der Waals surface area contributed by atoms with Gasteiger partial charge in [0.1, 0.15) is 0 Å². The monoisotopic (exact) mass is 217 g/mol. The number of nitrogens with one attached hydrogen (secondary N) is 1. The predicted octanol–water partition coefficient (Wildman–Crippen LogP) is 1.15. The lowest BCUT2D eigenvalue weighted by Gasteiger charge is -2.35. The molecule has 0 spiro atoms. The van der Waals surface area contributed by atoms with Gasteiger partial charge in [-0.1, -0.05) is 0 Å². The second-order valence-electron chi connectivity index (χ2n) is 4.22. The van der Waals surface area contributed by atoms with Crippen molar-refractivity contribution in [1.82, 2.24) is 5.32 Å². The Kier molecular flexibility index (Phi) is 5.53. The van der Waals surface area contributed by atoms with E-state index < -0.39 is 5.79 Å². The summed E-state index contributed by atoms with van der Waals surface area (Å²) < 4.78 is 16.3. The number of ether oxygens (including phenoxy) is 3. The molecule has 0 radical (unpaired) electrons. The summed E-state index contributed by atoms with van der Waals surface area (Å²) in [7, 11) is 0. The molecule has 0 aromatic heterocycles. The Labute approximate surface area is 92.3 Å². The molecule has 0 saturated carbocycles. The van der Waals surface area contributed by atoms with Gasteiger partial charge in [-0.05, 0) is 33.7 Å². The molecule has 1 saturated heterocycles. The highest BCUT2D eigenvalue weighted by Gasteiger charge is 2.27. The third kappa shape index (κ3) is 5.47. The highest BCUT2D eigenvalue weighted by molar-refractivity contribution is 4.72. The highest BCUT2D eigenvalue weighted by atomic mass is 16.7. The van der Waals surface area contributed by atoms with Gasteiger partial charge in [0.15, 0.2) is 5.79 Å². The fraction of sp³-hybridized carbons (Fsp3) is 1.00. The first-order valence-electron chi connectivity index (χ1n) is 5.73. The van der Waals surface area contributed by atoms with E-state index in [0.29, 0.717) is 6.04 Å². The van der Waals surface area contributed by atoms with Crippen LogP contribution in [0.2, 0.25) is 0 Å². The number of rotatable bonds is 6. The minimum Gasteiger partial charge on any atom is -0.382 e. The van der Waals surface area contributed by atoms with Crippen molar-refractivity contribution >= 4 is 0 Å². The van der Waals surface area contributed by atoms with E-state index in [2.05, 4.69) is 5.32 Å². The second-order valence-corrected chi connectivity index (χ2v) is 4.22. The van der Waals surface area contributed by atoms with Crippen LogP contribution in [0, 0.1) is 0 Å². The molecule has 1 rings (SSSR count). The first-order valence-corrected chi connectivity index (χ1v) is 5.73. The van der Waals surface area contributed by atoms with Crippen LogP contribution < -0.4 is 5.32 Å². The summed E-state index contributed by atoms with van der Waals surface area (Å²) in [6.07, 6.45) is 1.04. The van der Waals surface area contributed by atoms with E-state index in [1.165, 1.54) is 0 Å². The van der Waals surface area contributed by atoms with Crippen molar-refractivity contribution < 1.29 is 14.2 Å². The summed E-state index contributed by atoms with van der Waals surface area (Å²) >= 11 is 0. The average molecular weight is 217 g/mol.